The first-order valence-electron chi connectivity index (χ1n) is 16.5. The number of aromatic nitrogens is 3. The molecule has 1 saturated carbocycles. The van der Waals surface area contributed by atoms with Crippen molar-refractivity contribution in [2.75, 3.05) is 39.4 Å². The monoisotopic (exact) mass is 671 g/mol. The van der Waals surface area contributed by atoms with Crippen molar-refractivity contribution in [1.29, 1.82) is 0 Å². The molecule has 2 amide bonds. The Hall–Kier alpha value is -3.71. The number of carbonyl (C=O) groups is 2. The second-order valence-corrected chi connectivity index (χ2v) is 14.5. The van der Waals surface area contributed by atoms with E-state index in [0.717, 1.165) is 99.1 Å². The maximum atomic E-state index is 13.2. The maximum absolute atomic E-state index is 13.2. The zero-order chi connectivity index (χ0) is 32.4. The molecule has 10 nitrogen and oxygen atoms in total. The molecule has 12 heteroatoms. The maximum Gasteiger partial charge on any atom is 0.280 e. The summed E-state index contributed by atoms with van der Waals surface area (Å²) in [6, 6.07) is 12.6. The number of hydrogen-bond donors (Lipinski definition) is 3. The van der Waals surface area contributed by atoms with Crippen LogP contribution in [0.5, 0.6) is 0 Å². The molecule has 3 aromatic heterocycles. The second kappa shape index (κ2) is 13.8. The Kier molecular flexibility index (Phi) is 9.35. The number of carbonyl (C=O) groups excluding carboxylic acids is 2. The van der Waals surface area contributed by atoms with Crippen LogP contribution in [0, 0.1) is 11.3 Å². The standard InChI is InChI=1S/C35H41N7O3S2/c36-31(46)29-3-1-2-28(40-29)27-22-42(25-6-15-45-16-7-25)30-18-23(4-5-26(27)30)21-39-32(43)24-19-35(20-24)8-12-41(13-9-35)14-10-37-33(44)34-38-11-17-47-34/h1-5,11,17-18,22,24-25H,6-10,12-16,19-21H2,(H2,36,46)(H,37,44)(H,39,43). The molecule has 1 spiro atoms. The van der Waals surface area contributed by atoms with Crippen LogP contribution < -0.4 is 16.4 Å². The average molecular weight is 672 g/mol. The lowest BCUT2D eigenvalue weighted by atomic mass is 9.57. The van der Waals surface area contributed by atoms with Crippen molar-refractivity contribution >= 4 is 51.3 Å². The molecule has 0 atom stereocenters. The van der Waals surface area contributed by atoms with Gasteiger partial charge in [0, 0.05) is 79.0 Å². The third-order valence-electron chi connectivity index (χ3n) is 10.2. The zero-order valence-corrected chi connectivity index (χ0v) is 28.1. The van der Waals surface area contributed by atoms with Crippen molar-refractivity contribution in [2.45, 2.75) is 51.1 Å². The highest BCUT2D eigenvalue weighted by atomic mass is 32.1. The lowest BCUT2D eigenvalue weighted by molar-refractivity contribution is -0.135. The van der Waals surface area contributed by atoms with E-state index in [1.165, 1.54) is 11.3 Å². The van der Waals surface area contributed by atoms with Gasteiger partial charge in [-0.15, -0.1) is 11.3 Å². The molecule has 246 valence electrons. The minimum Gasteiger partial charge on any atom is -0.388 e. The van der Waals surface area contributed by atoms with Crippen LogP contribution in [-0.4, -0.2) is 75.6 Å². The SMILES string of the molecule is NC(=S)c1cccc(-c2cn(C3CCOCC3)c3cc(CNC(=O)C4CC5(CCN(CCNC(=O)c6nccs6)CC5)C4)ccc23)n1. The minimum atomic E-state index is -0.101. The number of likely N-dealkylation sites (tertiary alicyclic amines) is 1. The summed E-state index contributed by atoms with van der Waals surface area (Å²) in [5.41, 5.74) is 10.9. The van der Waals surface area contributed by atoms with Gasteiger partial charge in [0.2, 0.25) is 5.91 Å². The zero-order valence-electron chi connectivity index (χ0n) is 26.5. The summed E-state index contributed by atoms with van der Waals surface area (Å²) in [6.07, 6.45) is 9.89. The van der Waals surface area contributed by atoms with E-state index >= 15 is 0 Å². The first-order chi connectivity index (χ1) is 22.9. The molecule has 0 radical (unpaired) electrons. The number of ether oxygens (including phenoxy) is 1. The number of pyridine rings is 1. The third-order valence-corrected chi connectivity index (χ3v) is 11.2. The molecule has 0 bridgehead atoms. The Morgan fingerprint density at radius 1 is 1.11 bits per heavy atom. The Bertz CT molecular complexity index is 1750. The van der Waals surface area contributed by atoms with Gasteiger partial charge in [-0.1, -0.05) is 30.4 Å². The van der Waals surface area contributed by atoms with E-state index in [4.69, 9.17) is 27.7 Å². The van der Waals surface area contributed by atoms with Gasteiger partial charge < -0.3 is 30.6 Å². The van der Waals surface area contributed by atoms with Crippen LogP contribution >= 0.6 is 23.6 Å². The van der Waals surface area contributed by atoms with Crippen LogP contribution in [0.2, 0.25) is 0 Å². The first-order valence-corrected chi connectivity index (χ1v) is 17.8. The van der Waals surface area contributed by atoms with Crippen molar-refractivity contribution in [3.8, 4) is 11.3 Å². The van der Waals surface area contributed by atoms with Gasteiger partial charge in [-0.3, -0.25) is 9.59 Å². The van der Waals surface area contributed by atoms with Gasteiger partial charge in [-0.05, 0) is 80.8 Å². The molecule has 7 rings (SSSR count). The summed E-state index contributed by atoms with van der Waals surface area (Å²) < 4.78 is 8.02. The lowest BCUT2D eigenvalue weighted by Gasteiger charge is -2.51. The summed E-state index contributed by atoms with van der Waals surface area (Å²) in [6.45, 7) is 5.48. The number of nitrogens with zero attached hydrogens (tertiary/aromatic N) is 4. The number of amides is 2. The Morgan fingerprint density at radius 2 is 1.91 bits per heavy atom. The number of piperidine rings is 1. The van der Waals surface area contributed by atoms with Crippen LogP contribution in [-0.2, 0) is 16.1 Å². The predicted molar refractivity (Wildman–Crippen MR) is 187 cm³/mol. The summed E-state index contributed by atoms with van der Waals surface area (Å²) in [4.78, 5) is 36.9. The van der Waals surface area contributed by atoms with E-state index in [0.29, 0.717) is 29.8 Å². The number of fused-ring (bicyclic) bond motifs is 1. The quantitative estimate of drug-likeness (QED) is 0.208. The van der Waals surface area contributed by atoms with Gasteiger partial charge in [-0.2, -0.15) is 0 Å². The third kappa shape index (κ3) is 6.96. The number of nitrogens with one attached hydrogen (secondary N) is 2. The van der Waals surface area contributed by atoms with Crippen LogP contribution in [0.3, 0.4) is 0 Å². The molecule has 47 heavy (non-hydrogen) atoms. The second-order valence-electron chi connectivity index (χ2n) is 13.2. The number of rotatable bonds is 10. The highest BCUT2D eigenvalue weighted by Gasteiger charge is 2.48. The van der Waals surface area contributed by atoms with Gasteiger partial charge in [-0.25, -0.2) is 9.97 Å². The Labute approximate surface area is 284 Å². The van der Waals surface area contributed by atoms with E-state index in [-0.39, 0.29) is 28.1 Å². The molecule has 1 aliphatic carbocycles. The largest absolute Gasteiger partial charge is 0.388 e. The fourth-order valence-corrected chi connectivity index (χ4v) is 8.17. The molecular formula is C35H41N7O3S2. The van der Waals surface area contributed by atoms with E-state index in [2.05, 4.69) is 49.5 Å². The van der Waals surface area contributed by atoms with Gasteiger partial charge in [0.1, 0.15) is 4.99 Å². The molecular weight excluding hydrogens is 631 g/mol. The molecule has 3 fully saturated rings. The predicted octanol–water partition coefficient (Wildman–Crippen LogP) is 4.68. The highest BCUT2D eigenvalue weighted by Crippen LogP contribution is 2.52. The average Bonchev–Trinajstić information content (AvgIpc) is 3.76. The lowest BCUT2D eigenvalue weighted by Crippen LogP contribution is -2.51. The number of nitrogens with two attached hydrogens (primary N) is 1. The van der Waals surface area contributed by atoms with Crippen molar-refractivity contribution in [2.24, 2.45) is 17.1 Å². The van der Waals surface area contributed by atoms with Gasteiger partial charge in [0.15, 0.2) is 5.01 Å². The highest BCUT2D eigenvalue weighted by molar-refractivity contribution is 7.80. The smallest absolute Gasteiger partial charge is 0.280 e. The van der Waals surface area contributed by atoms with Crippen molar-refractivity contribution in [3.63, 3.8) is 0 Å². The van der Waals surface area contributed by atoms with Gasteiger partial charge in [0.05, 0.1) is 11.4 Å². The number of hydrogen-bond acceptors (Lipinski definition) is 8. The molecule has 1 aromatic carbocycles. The van der Waals surface area contributed by atoms with Crippen molar-refractivity contribution in [1.82, 2.24) is 30.1 Å². The normalized spacial score (nSPS) is 18.6. The summed E-state index contributed by atoms with van der Waals surface area (Å²) >= 11 is 6.55. The van der Waals surface area contributed by atoms with Crippen LogP contribution in [0.15, 0.2) is 54.2 Å². The van der Waals surface area contributed by atoms with Crippen molar-refractivity contribution in [3.05, 3.63) is 70.4 Å². The molecule has 0 unspecified atom stereocenters. The van der Waals surface area contributed by atoms with Crippen LogP contribution in [0.25, 0.3) is 22.2 Å². The van der Waals surface area contributed by atoms with E-state index in [9.17, 15) is 9.59 Å². The number of thiazole rings is 1. The number of benzene rings is 1. The molecule has 3 aliphatic rings. The van der Waals surface area contributed by atoms with Gasteiger partial charge in [0.25, 0.3) is 5.91 Å². The summed E-state index contributed by atoms with van der Waals surface area (Å²) in [5, 5.41) is 9.65. The molecule has 4 aromatic rings. The van der Waals surface area contributed by atoms with Gasteiger partial charge >= 0.3 is 0 Å². The first kappa shape index (κ1) is 31.9. The molecule has 2 saturated heterocycles. The van der Waals surface area contributed by atoms with E-state index in [1.54, 1.807) is 6.20 Å². The molecule has 4 N–H and O–H groups in total. The Balaban J connectivity index is 0.946. The summed E-state index contributed by atoms with van der Waals surface area (Å²) in [7, 11) is 0. The molecule has 5 heterocycles. The fraction of sp³-hybridized carbons (Fsp3) is 0.457. The van der Waals surface area contributed by atoms with E-state index in [1.807, 2.05) is 23.6 Å². The van der Waals surface area contributed by atoms with Crippen LogP contribution in [0.4, 0.5) is 0 Å². The Morgan fingerprint density at radius 3 is 2.66 bits per heavy atom. The summed E-state index contributed by atoms with van der Waals surface area (Å²) in [5.74, 6) is 0.130. The fourth-order valence-electron chi connectivity index (χ4n) is 7.50. The van der Waals surface area contributed by atoms with E-state index < -0.39 is 0 Å². The topological polar surface area (TPSA) is 127 Å². The minimum absolute atomic E-state index is 0.0764. The number of thiocarbonyl (C=S) groups is 1. The molecule has 2 aliphatic heterocycles. The van der Waals surface area contributed by atoms with Crippen LogP contribution in [0.1, 0.15) is 65.6 Å². The van der Waals surface area contributed by atoms with Crippen molar-refractivity contribution < 1.29 is 14.3 Å².